The van der Waals surface area contributed by atoms with E-state index < -0.39 is 0 Å². The summed E-state index contributed by atoms with van der Waals surface area (Å²) in [4.78, 5) is 11.2. The predicted molar refractivity (Wildman–Crippen MR) is 41.3 cm³/mol. The molecule has 0 fully saturated rings. The number of hydrogen-bond donors (Lipinski definition) is 3. The Morgan fingerprint density at radius 1 is 1.33 bits per heavy atom. The Bertz CT molecular complexity index is 435. The van der Waals surface area contributed by atoms with Gasteiger partial charge in [-0.2, -0.15) is 14.7 Å². The fourth-order valence-corrected chi connectivity index (χ4v) is 0.954. The number of nitrogens with zero attached hydrogens (tertiary/aromatic N) is 4. The van der Waals surface area contributed by atoms with Crippen molar-refractivity contribution in [2.24, 2.45) is 0 Å². The fraction of sp³-hybridized carbons (Fsp3) is 0. The molecule has 0 saturated carbocycles. The molecule has 2 rings (SSSR count). The van der Waals surface area contributed by atoms with E-state index >= 15 is 0 Å². The van der Waals surface area contributed by atoms with Gasteiger partial charge in [-0.15, -0.1) is 0 Å². The number of nitrogen functional groups attached to an aromatic ring is 2. The topological polar surface area (TPSA) is 116 Å². The number of fused-ring (bicyclic) bond motifs is 1. The van der Waals surface area contributed by atoms with Crippen LogP contribution in [0.4, 0.5) is 11.8 Å². The van der Waals surface area contributed by atoms with Crippen LogP contribution < -0.4 is 11.5 Å². The van der Waals surface area contributed by atoms with Crippen molar-refractivity contribution in [2.75, 3.05) is 11.5 Å². The number of aromatic nitrogens is 4. The third-order valence-electron chi connectivity index (χ3n) is 1.43. The highest BCUT2D eigenvalue weighted by molar-refractivity contribution is 5.82. The zero-order valence-corrected chi connectivity index (χ0v) is 5.97. The van der Waals surface area contributed by atoms with Crippen LogP contribution in [0.25, 0.3) is 11.2 Å². The van der Waals surface area contributed by atoms with E-state index in [9.17, 15) is 0 Å². The van der Waals surface area contributed by atoms with E-state index in [4.69, 9.17) is 16.7 Å². The average Bonchev–Trinajstić information content (AvgIpc) is 2.31. The zero-order valence-electron chi connectivity index (χ0n) is 5.97. The van der Waals surface area contributed by atoms with Crippen molar-refractivity contribution < 1.29 is 5.21 Å². The van der Waals surface area contributed by atoms with Gasteiger partial charge in [0.2, 0.25) is 5.95 Å². The molecule has 2 aromatic heterocycles. The van der Waals surface area contributed by atoms with Crippen molar-refractivity contribution >= 4 is 22.9 Å². The largest absolute Gasteiger partial charge is 0.427 e. The van der Waals surface area contributed by atoms with Gasteiger partial charge in [0.15, 0.2) is 17.0 Å². The van der Waals surface area contributed by atoms with Gasteiger partial charge in [0.25, 0.3) is 0 Å². The summed E-state index contributed by atoms with van der Waals surface area (Å²) < 4.78 is 0.754. The van der Waals surface area contributed by atoms with Crippen LogP contribution >= 0.6 is 0 Å². The van der Waals surface area contributed by atoms with Crippen LogP contribution in [0.5, 0.6) is 0 Å². The predicted octanol–water partition coefficient (Wildman–Crippen LogP) is -0.772. The van der Waals surface area contributed by atoms with Crippen molar-refractivity contribution in [1.29, 1.82) is 0 Å². The number of hydrogen-bond acceptors (Lipinski definition) is 6. The Hall–Kier alpha value is -2.05. The first-order valence-electron chi connectivity index (χ1n) is 3.14. The molecule has 2 heterocycles. The van der Waals surface area contributed by atoms with E-state index in [0.717, 1.165) is 4.73 Å². The molecule has 5 N–H and O–H groups in total. The molecule has 0 amide bonds. The number of anilines is 2. The molecule has 7 heteroatoms. The minimum absolute atomic E-state index is 0.0405. The van der Waals surface area contributed by atoms with E-state index in [1.54, 1.807) is 0 Å². The molecule has 0 aliphatic rings. The zero-order chi connectivity index (χ0) is 8.72. The smallest absolute Gasteiger partial charge is 0.224 e. The standard InChI is InChI=1S/C5H6N6O/c6-3-2-4(8-1-11(2)12)10-5(7)9-3/h1,12H,(H4,6,7,9,10). The highest BCUT2D eigenvalue weighted by Gasteiger charge is 2.08. The number of nitrogens with two attached hydrogens (primary N) is 2. The van der Waals surface area contributed by atoms with Crippen molar-refractivity contribution in [3.8, 4) is 0 Å². The lowest BCUT2D eigenvalue weighted by Gasteiger charge is -1.97. The van der Waals surface area contributed by atoms with Crippen molar-refractivity contribution in [3.63, 3.8) is 0 Å². The second-order valence-electron chi connectivity index (χ2n) is 2.23. The summed E-state index contributed by atoms with van der Waals surface area (Å²) >= 11 is 0. The van der Waals surface area contributed by atoms with Crippen molar-refractivity contribution in [2.45, 2.75) is 0 Å². The first-order chi connectivity index (χ1) is 5.68. The molecule has 62 valence electrons. The molecule has 0 unspecified atom stereocenters. The third-order valence-corrected chi connectivity index (χ3v) is 1.43. The van der Waals surface area contributed by atoms with Gasteiger partial charge in [-0.3, -0.25) is 0 Å². The molecule has 0 atom stereocenters. The van der Waals surface area contributed by atoms with Crippen LogP contribution in [0.1, 0.15) is 0 Å². The molecule has 7 nitrogen and oxygen atoms in total. The van der Waals surface area contributed by atoms with Gasteiger partial charge < -0.3 is 16.7 Å². The summed E-state index contributed by atoms with van der Waals surface area (Å²) in [7, 11) is 0. The van der Waals surface area contributed by atoms with Gasteiger partial charge in [-0.1, -0.05) is 0 Å². The molecule has 0 aromatic carbocycles. The molecule has 0 bridgehead atoms. The third kappa shape index (κ3) is 0.729. The van der Waals surface area contributed by atoms with Crippen LogP contribution in [0.15, 0.2) is 6.33 Å². The normalized spacial score (nSPS) is 10.7. The SMILES string of the molecule is Nc1nc(N)c2c(ncn2O)n1. The van der Waals surface area contributed by atoms with Gasteiger partial charge in [-0.25, -0.2) is 4.98 Å². The van der Waals surface area contributed by atoms with Crippen LogP contribution in [0.2, 0.25) is 0 Å². The minimum Gasteiger partial charge on any atom is -0.427 e. The second-order valence-corrected chi connectivity index (χ2v) is 2.23. The van der Waals surface area contributed by atoms with Crippen LogP contribution in [-0.2, 0) is 0 Å². The monoisotopic (exact) mass is 166 g/mol. The highest BCUT2D eigenvalue weighted by atomic mass is 16.5. The average molecular weight is 166 g/mol. The molecule has 0 saturated heterocycles. The summed E-state index contributed by atoms with van der Waals surface area (Å²) in [6.45, 7) is 0. The molecule has 0 aliphatic carbocycles. The van der Waals surface area contributed by atoms with Crippen LogP contribution in [0, 0.1) is 0 Å². The summed E-state index contributed by atoms with van der Waals surface area (Å²) in [6.07, 6.45) is 1.18. The van der Waals surface area contributed by atoms with E-state index in [0.29, 0.717) is 0 Å². The Kier molecular flexibility index (Phi) is 1.09. The molecular weight excluding hydrogens is 160 g/mol. The first-order valence-corrected chi connectivity index (χ1v) is 3.14. The van der Waals surface area contributed by atoms with Gasteiger partial charge in [-0.05, 0) is 0 Å². The molecular formula is C5H6N6O. The molecule has 0 spiro atoms. The Morgan fingerprint density at radius 3 is 2.83 bits per heavy atom. The molecule has 0 aliphatic heterocycles. The lowest BCUT2D eigenvalue weighted by atomic mass is 10.5. The van der Waals surface area contributed by atoms with Crippen LogP contribution in [0.3, 0.4) is 0 Å². The van der Waals surface area contributed by atoms with Crippen molar-refractivity contribution in [1.82, 2.24) is 19.7 Å². The van der Waals surface area contributed by atoms with Crippen LogP contribution in [-0.4, -0.2) is 24.9 Å². The Morgan fingerprint density at radius 2 is 2.08 bits per heavy atom. The van der Waals surface area contributed by atoms with Gasteiger partial charge >= 0.3 is 0 Å². The fourth-order valence-electron chi connectivity index (χ4n) is 0.954. The first kappa shape index (κ1) is 6.65. The van der Waals surface area contributed by atoms with Gasteiger partial charge in [0.1, 0.15) is 6.33 Å². The van der Waals surface area contributed by atoms with Gasteiger partial charge in [0.05, 0.1) is 0 Å². The molecule has 2 aromatic rings. The quantitative estimate of drug-likeness (QED) is 0.442. The molecule has 0 radical (unpaired) electrons. The van der Waals surface area contributed by atoms with E-state index in [1.807, 2.05) is 0 Å². The number of imidazole rings is 1. The summed E-state index contributed by atoms with van der Waals surface area (Å²) in [6, 6.07) is 0. The highest BCUT2D eigenvalue weighted by Crippen LogP contribution is 2.15. The lowest BCUT2D eigenvalue weighted by Crippen LogP contribution is -2.02. The summed E-state index contributed by atoms with van der Waals surface area (Å²) in [5.74, 6) is 0.149. The van der Waals surface area contributed by atoms with E-state index in [1.165, 1.54) is 6.33 Å². The minimum atomic E-state index is 0.0405. The second kappa shape index (κ2) is 1.97. The maximum atomic E-state index is 9.14. The van der Waals surface area contributed by atoms with E-state index in [2.05, 4.69) is 15.0 Å². The summed E-state index contributed by atoms with van der Waals surface area (Å²) in [5.41, 5.74) is 11.3. The maximum absolute atomic E-state index is 9.14. The van der Waals surface area contributed by atoms with Crippen molar-refractivity contribution in [3.05, 3.63) is 6.33 Å². The molecule has 12 heavy (non-hydrogen) atoms. The maximum Gasteiger partial charge on any atom is 0.224 e. The number of rotatable bonds is 0. The summed E-state index contributed by atoms with van der Waals surface area (Å²) in [5, 5.41) is 9.14. The lowest BCUT2D eigenvalue weighted by molar-refractivity contribution is 0.198. The Labute approximate surface area is 66.6 Å². The van der Waals surface area contributed by atoms with E-state index in [-0.39, 0.29) is 22.9 Å². The Balaban J connectivity index is 2.93. The van der Waals surface area contributed by atoms with Gasteiger partial charge in [0, 0.05) is 0 Å².